The van der Waals surface area contributed by atoms with Gasteiger partial charge in [-0.3, -0.25) is 9.48 Å². The van der Waals surface area contributed by atoms with Crippen molar-refractivity contribution in [3.05, 3.63) is 94.5 Å². The number of anilines is 1. The Bertz CT molecular complexity index is 1170. The van der Waals surface area contributed by atoms with Crippen molar-refractivity contribution < 1.29 is 9.53 Å². The number of nitrogens with one attached hydrogen (secondary N) is 1. The van der Waals surface area contributed by atoms with E-state index < -0.39 is 0 Å². The Morgan fingerprint density at radius 3 is 2.80 bits per heavy atom. The van der Waals surface area contributed by atoms with Crippen molar-refractivity contribution in [2.75, 3.05) is 5.32 Å². The summed E-state index contributed by atoms with van der Waals surface area (Å²) >= 11 is 3.39. The van der Waals surface area contributed by atoms with Crippen molar-refractivity contribution in [1.82, 2.24) is 19.6 Å². The number of carbonyl (C=O) groups is 1. The highest BCUT2D eigenvalue weighted by atomic mass is 79.9. The minimum atomic E-state index is -0.274. The van der Waals surface area contributed by atoms with E-state index >= 15 is 0 Å². The summed E-state index contributed by atoms with van der Waals surface area (Å²) in [7, 11) is 0. The van der Waals surface area contributed by atoms with Gasteiger partial charge in [-0.2, -0.15) is 10.2 Å². The molecule has 1 N–H and O–H groups in total. The minimum Gasteiger partial charge on any atom is -0.471 e. The van der Waals surface area contributed by atoms with E-state index in [0.717, 1.165) is 21.3 Å². The molecule has 2 aromatic carbocycles. The molecule has 30 heavy (non-hydrogen) atoms. The second kappa shape index (κ2) is 8.96. The van der Waals surface area contributed by atoms with Crippen molar-refractivity contribution in [2.24, 2.45) is 0 Å². The Hall–Kier alpha value is -3.39. The second-order valence-corrected chi connectivity index (χ2v) is 7.71. The number of aryl methyl sites for hydroxylation is 1. The van der Waals surface area contributed by atoms with Gasteiger partial charge < -0.3 is 10.1 Å². The highest BCUT2D eigenvalue weighted by molar-refractivity contribution is 9.10. The van der Waals surface area contributed by atoms with Gasteiger partial charge in [-0.25, -0.2) is 4.68 Å². The molecule has 0 radical (unpaired) electrons. The number of para-hydroxylation sites is 1. The first-order valence-corrected chi connectivity index (χ1v) is 10.2. The number of carbonyl (C=O) groups excluding carboxylic acids is 1. The number of hydrogen-bond donors (Lipinski definition) is 1. The number of nitrogens with zero attached hydrogens (tertiary/aromatic N) is 4. The number of benzene rings is 2. The highest BCUT2D eigenvalue weighted by Crippen LogP contribution is 2.17. The summed E-state index contributed by atoms with van der Waals surface area (Å²) in [5, 5.41) is 11.5. The van der Waals surface area contributed by atoms with Gasteiger partial charge in [0.15, 0.2) is 12.4 Å². The molecule has 0 atom stereocenters. The third kappa shape index (κ3) is 4.96. The van der Waals surface area contributed by atoms with Crippen LogP contribution >= 0.6 is 15.9 Å². The van der Waals surface area contributed by atoms with Crippen LogP contribution < -0.4 is 10.1 Å². The maximum atomic E-state index is 12.6. The van der Waals surface area contributed by atoms with Crippen LogP contribution in [0.5, 0.6) is 5.75 Å². The topological polar surface area (TPSA) is 74.0 Å². The Balaban J connectivity index is 1.37. The summed E-state index contributed by atoms with van der Waals surface area (Å²) in [5.74, 6) is 0.517. The maximum absolute atomic E-state index is 12.6. The SMILES string of the molecule is Cc1ccccc1OCn1ccc(C(=O)Nc2cccc(Cn3cc(Br)cn3)c2)n1. The van der Waals surface area contributed by atoms with Crippen molar-refractivity contribution in [1.29, 1.82) is 0 Å². The summed E-state index contributed by atoms with van der Waals surface area (Å²) in [6.07, 6.45) is 5.36. The molecule has 0 aliphatic carbocycles. The summed E-state index contributed by atoms with van der Waals surface area (Å²) < 4.78 is 10.1. The molecule has 0 unspecified atom stereocenters. The molecule has 2 aromatic heterocycles. The van der Waals surface area contributed by atoms with E-state index in [0.29, 0.717) is 17.9 Å². The van der Waals surface area contributed by atoms with Gasteiger partial charge in [0.1, 0.15) is 5.75 Å². The van der Waals surface area contributed by atoms with E-state index in [9.17, 15) is 4.79 Å². The zero-order chi connectivity index (χ0) is 20.9. The van der Waals surface area contributed by atoms with E-state index in [-0.39, 0.29) is 12.6 Å². The molecule has 0 aliphatic heterocycles. The molecule has 0 fully saturated rings. The lowest BCUT2D eigenvalue weighted by atomic mass is 10.2. The fourth-order valence-electron chi connectivity index (χ4n) is 2.96. The first-order valence-electron chi connectivity index (χ1n) is 9.37. The second-order valence-electron chi connectivity index (χ2n) is 6.79. The molecule has 7 nitrogen and oxygen atoms in total. The van der Waals surface area contributed by atoms with Gasteiger partial charge in [0.05, 0.1) is 17.2 Å². The van der Waals surface area contributed by atoms with Crippen molar-refractivity contribution in [3.8, 4) is 5.75 Å². The fourth-order valence-corrected chi connectivity index (χ4v) is 3.29. The predicted molar refractivity (Wildman–Crippen MR) is 117 cm³/mol. The molecule has 4 rings (SSSR count). The molecular weight excluding hydrogens is 446 g/mol. The molecule has 4 aromatic rings. The molecule has 0 spiro atoms. The van der Waals surface area contributed by atoms with Crippen LogP contribution in [0.3, 0.4) is 0 Å². The van der Waals surface area contributed by atoms with Crippen molar-refractivity contribution in [3.63, 3.8) is 0 Å². The van der Waals surface area contributed by atoms with Gasteiger partial charge >= 0.3 is 0 Å². The lowest BCUT2D eigenvalue weighted by Crippen LogP contribution is -2.14. The number of amides is 1. The quantitative estimate of drug-likeness (QED) is 0.436. The normalized spacial score (nSPS) is 10.7. The lowest BCUT2D eigenvalue weighted by molar-refractivity contribution is 0.102. The van der Waals surface area contributed by atoms with Gasteiger partial charge in [0.25, 0.3) is 5.91 Å². The third-order valence-corrected chi connectivity index (χ3v) is 4.86. The predicted octanol–water partition coefficient (Wildman–Crippen LogP) is 4.49. The van der Waals surface area contributed by atoms with E-state index in [2.05, 4.69) is 31.4 Å². The summed E-state index contributed by atoms with van der Waals surface area (Å²) in [4.78, 5) is 12.6. The summed E-state index contributed by atoms with van der Waals surface area (Å²) in [5.41, 5.74) is 3.10. The smallest absolute Gasteiger partial charge is 0.276 e. The molecule has 0 aliphatic rings. The maximum Gasteiger partial charge on any atom is 0.276 e. The molecule has 0 saturated heterocycles. The number of ether oxygens (including phenoxy) is 1. The molecule has 1 amide bonds. The monoisotopic (exact) mass is 465 g/mol. The van der Waals surface area contributed by atoms with Gasteiger partial charge in [-0.15, -0.1) is 0 Å². The molecule has 152 valence electrons. The Labute approximate surface area is 182 Å². The van der Waals surface area contributed by atoms with Gasteiger partial charge in [0, 0.05) is 18.1 Å². The average molecular weight is 466 g/mol. The van der Waals surface area contributed by atoms with Gasteiger partial charge in [0.2, 0.25) is 0 Å². The molecule has 8 heteroatoms. The van der Waals surface area contributed by atoms with Crippen LogP contribution in [0.1, 0.15) is 21.6 Å². The number of hydrogen-bond acceptors (Lipinski definition) is 4. The Morgan fingerprint density at radius 2 is 2.00 bits per heavy atom. The van der Waals surface area contributed by atoms with Crippen molar-refractivity contribution in [2.45, 2.75) is 20.2 Å². The van der Waals surface area contributed by atoms with E-state index in [1.807, 2.05) is 66.3 Å². The zero-order valence-corrected chi connectivity index (χ0v) is 17.9. The molecule has 0 bridgehead atoms. The fraction of sp³-hybridized carbons (Fsp3) is 0.136. The first kappa shape index (κ1) is 19.9. The van der Waals surface area contributed by atoms with Crippen LogP contribution in [0.25, 0.3) is 0 Å². The molecule has 0 saturated carbocycles. The lowest BCUT2D eigenvalue weighted by Gasteiger charge is -2.08. The van der Waals surface area contributed by atoms with Crippen LogP contribution in [0, 0.1) is 6.92 Å². The number of halogens is 1. The zero-order valence-electron chi connectivity index (χ0n) is 16.3. The first-order chi connectivity index (χ1) is 14.6. The van der Waals surface area contributed by atoms with Gasteiger partial charge in [-0.05, 0) is 58.2 Å². The van der Waals surface area contributed by atoms with Crippen LogP contribution in [-0.4, -0.2) is 25.5 Å². The van der Waals surface area contributed by atoms with E-state index in [1.54, 1.807) is 23.1 Å². The van der Waals surface area contributed by atoms with Gasteiger partial charge in [-0.1, -0.05) is 30.3 Å². The van der Waals surface area contributed by atoms with E-state index in [4.69, 9.17) is 4.74 Å². The third-order valence-electron chi connectivity index (χ3n) is 4.45. The number of aromatic nitrogens is 4. The average Bonchev–Trinajstić information content (AvgIpc) is 3.37. The molecular formula is C22H20BrN5O2. The van der Waals surface area contributed by atoms with Crippen molar-refractivity contribution >= 4 is 27.5 Å². The molecule has 2 heterocycles. The highest BCUT2D eigenvalue weighted by Gasteiger charge is 2.11. The number of rotatable bonds is 7. The Morgan fingerprint density at radius 1 is 1.13 bits per heavy atom. The Kier molecular flexibility index (Phi) is 5.94. The largest absolute Gasteiger partial charge is 0.471 e. The standard InChI is InChI=1S/C22H20BrN5O2/c1-16-5-2-3-8-21(16)30-15-27-10-9-20(26-27)22(29)25-19-7-4-6-17(11-19)13-28-14-18(23)12-24-28/h2-12,14H,13,15H2,1H3,(H,25,29). The van der Waals surface area contributed by atoms with Crippen LogP contribution in [-0.2, 0) is 13.3 Å². The minimum absolute atomic E-state index is 0.229. The van der Waals surface area contributed by atoms with Crippen LogP contribution in [0.15, 0.2) is 77.7 Å². The van der Waals surface area contributed by atoms with Crippen LogP contribution in [0.2, 0.25) is 0 Å². The van der Waals surface area contributed by atoms with E-state index in [1.165, 1.54) is 0 Å². The summed E-state index contributed by atoms with van der Waals surface area (Å²) in [6.45, 7) is 2.82. The summed E-state index contributed by atoms with van der Waals surface area (Å²) in [6, 6.07) is 17.1. The van der Waals surface area contributed by atoms with Crippen LogP contribution in [0.4, 0.5) is 5.69 Å².